The highest BCUT2D eigenvalue weighted by atomic mass is 32.2. The number of carbonyl (C=O) groups excluding carboxylic acids is 1. The summed E-state index contributed by atoms with van der Waals surface area (Å²) < 4.78 is 39.2. The Balaban J connectivity index is 1.61. The van der Waals surface area contributed by atoms with Crippen molar-refractivity contribution in [2.24, 2.45) is 0 Å². The van der Waals surface area contributed by atoms with Crippen molar-refractivity contribution in [1.29, 1.82) is 0 Å². The maximum absolute atomic E-state index is 13.4. The summed E-state index contributed by atoms with van der Waals surface area (Å²) >= 11 is 0. The minimum Gasteiger partial charge on any atom is -0.322 e. The molecule has 2 aromatic heterocycles. The van der Waals surface area contributed by atoms with E-state index in [1.807, 2.05) is 6.07 Å². The molecule has 1 aliphatic heterocycles. The van der Waals surface area contributed by atoms with Gasteiger partial charge in [-0.3, -0.25) is 4.79 Å². The van der Waals surface area contributed by atoms with Crippen LogP contribution >= 0.6 is 0 Å². The van der Waals surface area contributed by atoms with E-state index >= 15 is 0 Å². The van der Waals surface area contributed by atoms with Crippen LogP contribution in [0.5, 0.6) is 0 Å². The number of hydrogen-bond acceptors (Lipinski definition) is 5. The third-order valence-corrected chi connectivity index (χ3v) is 7.84. The zero-order valence-electron chi connectivity index (χ0n) is 17.4. The van der Waals surface area contributed by atoms with Crippen LogP contribution in [0.3, 0.4) is 0 Å². The lowest BCUT2D eigenvalue weighted by molar-refractivity contribution is 0.102. The Kier molecular flexibility index (Phi) is 4.62. The molecule has 0 bridgehead atoms. The molecule has 31 heavy (non-hydrogen) atoms. The summed E-state index contributed by atoms with van der Waals surface area (Å²) in [5.74, 6) is -0.196. The van der Waals surface area contributed by atoms with E-state index in [9.17, 15) is 17.6 Å². The van der Waals surface area contributed by atoms with Crippen LogP contribution in [0.25, 0.3) is 11.0 Å². The molecule has 1 saturated carbocycles. The molecule has 0 radical (unpaired) electrons. The van der Waals surface area contributed by atoms with Crippen LogP contribution in [0, 0.1) is 19.7 Å². The Morgan fingerprint density at radius 2 is 1.97 bits per heavy atom. The fourth-order valence-corrected chi connectivity index (χ4v) is 5.97. The second kappa shape index (κ2) is 7.12. The van der Waals surface area contributed by atoms with Gasteiger partial charge in [0.15, 0.2) is 15.5 Å². The standard InChI is InChI=1S/C22H23FN4O3S/c1-12-9-15(23)5-6-18(12)25-22(28)17-10-19(14-3-4-14)24-21-20(17)13(2)26-27(21)16-7-8-31(29,30)11-16/h5-6,9-10,14,16H,3-4,7-8,11H2,1-2H3,(H,25,28). The van der Waals surface area contributed by atoms with Crippen molar-refractivity contribution in [3.63, 3.8) is 0 Å². The van der Waals surface area contributed by atoms with Crippen molar-refractivity contribution < 1.29 is 17.6 Å². The number of carbonyl (C=O) groups is 1. The van der Waals surface area contributed by atoms with E-state index in [0.717, 1.165) is 18.5 Å². The number of hydrogen-bond donors (Lipinski definition) is 1. The molecule has 1 aromatic carbocycles. The summed E-state index contributed by atoms with van der Waals surface area (Å²) in [6, 6.07) is 5.76. The summed E-state index contributed by atoms with van der Waals surface area (Å²) in [7, 11) is -3.09. The average molecular weight is 443 g/mol. The van der Waals surface area contributed by atoms with Gasteiger partial charge >= 0.3 is 0 Å². The van der Waals surface area contributed by atoms with Gasteiger partial charge in [0.1, 0.15) is 5.82 Å². The van der Waals surface area contributed by atoms with Gasteiger partial charge in [-0.05, 0) is 62.9 Å². The van der Waals surface area contributed by atoms with Crippen molar-refractivity contribution in [2.45, 2.75) is 45.1 Å². The monoisotopic (exact) mass is 442 g/mol. The molecule has 5 rings (SSSR count). The third kappa shape index (κ3) is 3.71. The molecule has 1 N–H and O–H groups in total. The molecule has 0 spiro atoms. The van der Waals surface area contributed by atoms with Crippen molar-refractivity contribution >= 4 is 32.5 Å². The van der Waals surface area contributed by atoms with E-state index in [-0.39, 0.29) is 29.3 Å². The lowest BCUT2D eigenvalue weighted by Gasteiger charge is -2.13. The summed E-state index contributed by atoms with van der Waals surface area (Å²) in [5, 5.41) is 8.11. The molecule has 1 amide bonds. The number of anilines is 1. The Morgan fingerprint density at radius 1 is 1.19 bits per heavy atom. The number of aryl methyl sites for hydroxylation is 2. The number of aromatic nitrogens is 3. The first-order chi connectivity index (χ1) is 14.7. The maximum atomic E-state index is 13.4. The number of rotatable bonds is 4. The molecule has 9 heteroatoms. The van der Waals surface area contributed by atoms with Crippen LogP contribution in [0.2, 0.25) is 0 Å². The number of nitrogens with one attached hydrogen (secondary N) is 1. The van der Waals surface area contributed by atoms with Gasteiger partial charge < -0.3 is 5.32 Å². The Morgan fingerprint density at radius 3 is 2.61 bits per heavy atom. The lowest BCUT2D eigenvalue weighted by Crippen LogP contribution is -2.16. The van der Waals surface area contributed by atoms with Gasteiger partial charge in [-0.2, -0.15) is 5.10 Å². The van der Waals surface area contributed by atoms with Crippen molar-refractivity contribution in [3.05, 3.63) is 52.6 Å². The molecule has 3 heterocycles. The topological polar surface area (TPSA) is 93.9 Å². The fourth-order valence-electron chi connectivity index (χ4n) is 4.28. The Hall–Kier alpha value is -2.81. The van der Waals surface area contributed by atoms with Crippen LogP contribution < -0.4 is 5.32 Å². The number of benzene rings is 1. The van der Waals surface area contributed by atoms with Gasteiger partial charge in [-0.1, -0.05) is 0 Å². The van der Waals surface area contributed by atoms with E-state index in [1.165, 1.54) is 12.1 Å². The summed E-state index contributed by atoms with van der Waals surface area (Å²) in [5.41, 5.74) is 3.65. The zero-order chi connectivity index (χ0) is 21.9. The average Bonchev–Trinajstić information content (AvgIpc) is 3.43. The van der Waals surface area contributed by atoms with Gasteiger partial charge in [0, 0.05) is 17.3 Å². The highest BCUT2D eigenvalue weighted by molar-refractivity contribution is 7.91. The Bertz CT molecular complexity index is 1330. The molecular formula is C22H23FN4O3S. The number of nitrogens with zero attached hydrogens (tertiary/aromatic N) is 3. The number of pyridine rings is 1. The number of sulfone groups is 1. The number of amides is 1. The van der Waals surface area contributed by atoms with Gasteiger partial charge in [0.05, 0.1) is 34.2 Å². The maximum Gasteiger partial charge on any atom is 0.256 e. The number of fused-ring (bicyclic) bond motifs is 1. The summed E-state index contributed by atoms with van der Waals surface area (Å²) in [6.45, 7) is 3.54. The SMILES string of the molecule is Cc1cc(F)ccc1NC(=O)c1cc(C2CC2)nc2c1c(C)nn2C1CCS(=O)(=O)C1. The van der Waals surface area contributed by atoms with E-state index in [2.05, 4.69) is 10.4 Å². The van der Waals surface area contributed by atoms with Crippen molar-refractivity contribution in [1.82, 2.24) is 14.8 Å². The molecule has 162 valence electrons. The quantitative estimate of drug-likeness (QED) is 0.665. The molecule has 2 fully saturated rings. The predicted molar refractivity (Wildman–Crippen MR) is 116 cm³/mol. The van der Waals surface area contributed by atoms with E-state index < -0.39 is 9.84 Å². The smallest absolute Gasteiger partial charge is 0.256 e. The van der Waals surface area contributed by atoms with Crippen LogP contribution in [0.15, 0.2) is 24.3 Å². The molecule has 1 atom stereocenters. The summed E-state index contributed by atoms with van der Waals surface area (Å²) in [6.07, 6.45) is 2.52. The molecule has 3 aromatic rings. The van der Waals surface area contributed by atoms with E-state index in [4.69, 9.17) is 4.98 Å². The zero-order valence-corrected chi connectivity index (χ0v) is 18.2. The van der Waals surface area contributed by atoms with Crippen LogP contribution in [0.4, 0.5) is 10.1 Å². The van der Waals surface area contributed by atoms with E-state index in [1.54, 1.807) is 24.6 Å². The van der Waals surface area contributed by atoms with Crippen LogP contribution in [-0.4, -0.2) is 40.6 Å². The molecule has 1 aliphatic carbocycles. The van der Waals surface area contributed by atoms with Crippen molar-refractivity contribution in [3.8, 4) is 0 Å². The molecule has 2 aliphatic rings. The minimum atomic E-state index is -3.09. The number of halogens is 1. The third-order valence-electron chi connectivity index (χ3n) is 6.09. The highest BCUT2D eigenvalue weighted by Crippen LogP contribution is 2.41. The van der Waals surface area contributed by atoms with Crippen LogP contribution in [0.1, 0.15) is 58.5 Å². The molecule has 1 unspecified atom stereocenters. The lowest BCUT2D eigenvalue weighted by atomic mass is 10.1. The molecule has 1 saturated heterocycles. The minimum absolute atomic E-state index is 0.0366. The molecule has 7 nitrogen and oxygen atoms in total. The van der Waals surface area contributed by atoms with Crippen molar-refractivity contribution in [2.75, 3.05) is 16.8 Å². The largest absolute Gasteiger partial charge is 0.322 e. The van der Waals surface area contributed by atoms with Gasteiger partial charge in [0.2, 0.25) is 0 Å². The highest BCUT2D eigenvalue weighted by Gasteiger charge is 2.34. The first-order valence-corrected chi connectivity index (χ1v) is 12.2. The normalized spacial score (nSPS) is 20.3. The Labute approximate surface area is 179 Å². The van der Waals surface area contributed by atoms with E-state index in [0.29, 0.717) is 45.9 Å². The second-order valence-corrected chi connectivity index (χ2v) is 10.8. The summed E-state index contributed by atoms with van der Waals surface area (Å²) in [4.78, 5) is 18.1. The second-order valence-electron chi connectivity index (χ2n) is 8.57. The van der Waals surface area contributed by atoms with Crippen LogP contribution in [-0.2, 0) is 9.84 Å². The fraction of sp³-hybridized carbons (Fsp3) is 0.409. The van der Waals surface area contributed by atoms with Gasteiger partial charge in [-0.15, -0.1) is 0 Å². The molecular weight excluding hydrogens is 419 g/mol. The van der Waals surface area contributed by atoms with Gasteiger partial charge in [0.25, 0.3) is 5.91 Å². The first-order valence-electron chi connectivity index (χ1n) is 10.4. The van der Waals surface area contributed by atoms with Gasteiger partial charge in [-0.25, -0.2) is 22.5 Å². The first kappa shape index (κ1) is 20.1. The predicted octanol–water partition coefficient (Wildman–Crippen LogP) is 3.68.